The van der Waals surface area contributed by atoms with E-state index >= 15 is 0 Å². The number of thioether (sulfide) groups is 1. The minimum absolute atomic E-state index is 0.0377. The van der Waals surface area contributed by atoms with E-state index in [4.69, 9.17) is 4.98 Å². The fourth-order valence-corrected chi connectivity index (χ4v) is 4.35. The maximum absolute atomic E-state index is 12.9. The average Bonchev–Trinajstić information content (AvgIpc) is 3.20. The van der Waals surface area contributed by atoms with E-state index < -0.39 is 11.7 Å². The number of carbonyl (C=O) groups excluding carboxylic acids is 1. The molecule has 0 saturated carbocycles. The van der Waals surface area contributed by atoms with Crippen LogP contribution in [-0.4, -0.2) is 15.3 Å². The number of imidazole rings is 1. The average molecular weight is 481 g/mol. The van der Waals surface area contributed by atoms with Gasteiger partial charge < -0.3 is 4.57 Å². The summed E-state index contributed by atoms with van der Waals surface area (Å²) in [6.07, 6.45) is -2.51. The van der Waals surface area contributed by atoms with Crippen LogP contribution < -0.4 is 0 Å². The van der Waals surface area contributed by atoms with Crippen LogP contribution in [0.2, 0.25) is 0 Å². The van der Waals surface area contributed by atoms with Gasteiger partial charge in [-0.05, 0) is 31.5 Å². The summed E-state index contributed by atoms with van der Waals surface area (Å²) >= 11 is 1.39. The fourth-order valence-electron chi connectivity index (χ4n) is 3.41. The number of aromatic nitrogens is 2. The number of carbonyl (C=O) groups is 1. The fraction of sp³-hybridized carbons (Fsp3) is 0.185. The highest BCUT2D eigenvalue weighted by Gasteiger charge is 2.29. The van der Waals surface area contributed by atoms with Crippen LogP contribution in [0.4, 0.5) is 13.2 Å². The molecule has 0 unspecified atom stereocenters. The zero-order valence-corrected chi connectivity index (χ0v) is 19.6. The van der Waals surface area contributed by atoms with Crippen LogP contribution in [0, 0.1) is 13.8 Å². The van der Waals surface area contributed by atoms with Gasteiger partial charge in [-0.1, -0.05) is 83.6 Å². The zero-order chi connectivity index (χ0) is 24.3. The maximum Gasteiger partial charge on any atom is 0.416 e. The van der Waals surface area contributed by atoms with Gasteiger partial charge in [0.25, 0.3) is 0 Å². The molecule has 0 amide bonds. The molecule has 0 atom stereocenters. The number of hydrogen-bond donors (Lipinski definition) is 0. The van der Waals surface area contributed by atoms with Crippen molar-refractivity contribution < 1.29 is 18.0 Å². The van der Waals surface area contributed by atoms with Crippen LogP contribution >= 0.6 is 11.8 Å². The summed E-state index contributed by atoms with van der Waals surface area (Å²) in [5, 5.41) is 0.635. The van der Waals surface area contributed by atoms with Gasteiger partial charge in [0.2, 0.25) is 0 Å². The van der Waals surface area contributed by atoms with E-state index in [0.717, 1.165) is 40.1 Å². The molecule has 0 saturated heterocycles. The van der Waals surface area contributed by atoms with Gasteiger partial charge in [-0.3, -0.25) is 4.79 Å². The molecule has 4 aromatic rings. The molecular weight excluding hydrogens is 457 g/mol. The first-order chi connectivity index (χ1) is 16.2. The second-order valence-corrected chi connectivity index (χ2v) is 9.12. The van der Waals surface area contributed by atoms with Crippen molar-refractivity contribution in [3.63, 3.8) is 0 Å². The summed E-state index contributed by atoms with van der Waals surface area (Å²) in [6, 6.07) is 20.5. The third-order valence-corrected chi connectivity index (χ3v) is 6.49. The molecule has 7 heteroatoms. The molecule has 1 heterocycles. The van der Waals surface area contributed by atoms with Crippen molar-refractivity contribution >= 4 is 17.5 Å². The van der Waals surface area contributed by atoms with Gasteiger partial charge in [0.15, 0.2) is 10.9 Å². The van der Waals surface area contributed by atoms with Crippen molar-refractivity contribution in [2.45, 2.75) is 37.5 Å². The molecule has 0 N–H and O–H groups in total. The lowest BCUT2D eigenvalue weighted by molar-refractivity contribution is -0.137. The summed E-state index contributed by atoms with van der Waals surface area (Å²) in [7, 11) is 0. The van der Waals surface area contributed by atoms with Crippen molar-refractivity contribution in [1.29, 1.82) is 0 Å². The van der Waals surface area contributed by atoms with Crippen molar-refractivity contribution in [3.05, 3.63) is 107 Å². The zero-order valence-electron chi connectivity index (χ0n) is 18.8. The standard InChI is InChI=1S/C27H23F3N2OS/c1-18-3-9-21(10-4-18)24-15-32(16-25(33)22-11-5-19(2)6-12-22)26(31-24)34-17-20-7-13-23(14-8-20)27(28,29)30/h3-15H,16-17H2,1-2H3. The normalized spacial score (nSPS) is 11.6. The number of Topliss-reactive ketones (excluding diaryl/α,β-unsaturated/α-hetero) is 1. The largest absolute Gasteiger partial charge is 0.416 e. The second-order valence-electron chi connectivity index (χ2n) is 8.18. The molecule has 0 fully saturated rings. The highest BCUT2D eigenvalue weighted by molar-refractivity contribution is 7.98. The Morgan fingerprint density at radius 1 is 0.882 bits per heavy atom. The van der Waals surface area contributed by atoms with E-state index in [0.29, 0.717) is 16.5 Å². The Labute approximate surface area is 200 Å². The SMILES string of the molecule is Cc1ccc(C(=O)Cn2cc(-c3ccc(C)cc3)nc2SCc2ccc(C(F)(F)F)cc2)cc1. The molecule has 0 radical (unpaired) electrons. The number of nitrogens with zero attached hydrogens (tertiary/aromatic N) is 2. The lowest BCUT2D eigenvalue weighted by Gasteiger charge is -2.09. The van der Waals surface area contributed by atoms with Crippen LogP contribution in [0.25, 0.3) is 11.3 Å². The minimum atomic E-state index is -4.36. The van der Waals surface area contributed by atoms with Gasteiger partial charge >= 0.3 is 6.18 Å². The highest BCUT2D eigenvalue weighted by Crippen LogP contribution is 2.31. The Kier molecular flexibility index (Phi) is 6.93. The van der Waals surface area contributed by atoms with Gasteiger partial charge in [-0.25, -0.2) is 4.98 Å². The summed E-state index contributed by atoms with van der Waals surface area (Å²) < 4.78 is 40.3. The summed E-state index contributed by atoms with van der Waals surface area (Å²) in [6.45, 7) is 4.10. The molecule has 4 rings (SSSR count). The van der Waals surface area contributed by atoms with Gasteiger partial charge in [-0.2, -0.15) is 13.2 Å². The van der Waals surface area contributed by atoms with Crippen molar-refractivity contribution in [1.82, 2.24) is 9.55 Å². The molecule has 3 nitrogen and oxygen atoms in total. The van der Waals surface area contributed by atoms with E-state index in [2.05, 4.69) is 0 Å². The number of ketones is 1. The number of hydrogen-bond acceptors (Lipinski definition) is 3. The molecule has 0 bridgehead atoms. The van der Waals surface area contributed by atoms with E-state index in [9.17, 15) is 18.0 Å². The van der Waals surface area contributed by atoms with Gasteiger partial charge in [-0.15, -0.1) is 0 Å². The van der Waals surface area contributed by atoms with Crippen LogP contribution in [0.3, 0.4) is 0 Å². The Morgan fingerprint density at radius 3 is 2.06 bits per heavy atom. The van der Waals surface area contributed by atoms with Gasteiger partial charge in [0, 0.05) is 23.1 Å². The topological polar surface area (TPSA) is 34.9 Å². The van der Waals surface area contributed by atoms with Gasteiger partial charge in [0.1, 0.15) is 0 Å². The third kappa shape index (κ3) is 5.78. The first-order valence-corrected chi connectivity index (χ1v) is 11.7. The van der Waals surface area contributed by atoms with E-state index in [1.807, 2.05) is 73.1 Å². The Hall–Kier alpha value is -3.32. The molecule has 3 aromatic carbocycles. The monoisotopic (exact) mass is 480 g/mol. The lowest BCUT2D eigenvalue weighted by atomic mass is 10.1. The Bertz CT molecular complexity index is 1280. The number of benzene rings is 3. The van der Waals surface area contributed by atoms with E-state index in [1.165, 1.54) is 23.9 Å². The first kappa shape index (κ1) is 23.8. The Balaban J connectivity index is 1.58. The van der Waals surface area contributed by atoms with Gasteiger partial charge in [0.05, 0.1) is 17.8 Å². The van der Waals surface area contributed by atoms with Crippen LogP contribution in [0.5, 0.6) is 0 Å². The van der Waals surface area contributed by atoms with Crippen LogP contribution in [-0.2, 0) is 18.5 Å². The predicted octanol–water partition coefficient (Wildman–Crippen LogP) is 7.36. The molecule has 0 aliphatic heterocycles. The molecule has 1 aromatic heterocycles. The third-order valence-electron chi connectivity index (χ3n) is 5.42. The van der Waals surface area contributed by atoms with Crippen molar-refractivity contribution in [3.8, 4) is 11.3 Å². The molecule has 0 spiro atoms. The number of aryl methyl sites for hydroxylation is 2. The van der Waals surface area contributed by atoms with Crippen LogP contribution in [0.15, 0.2) is 84.1 Å². The number of halogens is 3. The molecular formula is C27H23F3N2OS. The summed E-state index contributed by atoms with van der Waals surface area (Å²) in [4.78, 5) is 17.6. The second kappa shape index (κ2) is 9.89. The van der Waals surface area contributed by atoms with Crippen molar-refractivity contribution in [2.75, 3.05) is 0 Å². The molecule has 0 aliphatic carbocycles. The van der Waals surface area contributed by atoms with E-state index in [1.54, 1.807) is 0 Å². The predicted molar refractivity (Wildman–Crippen MR) is 129 cm³/mol. The summed E-state index contributed by atoms with van der Waals surface area (Å²) in [5.41, 5.74) is 4.58. The first-order valence-electron chi connectivity index (χ1n) is 10.7. The molecule has 0 aliphatic rings. The van der Waals surface area contributed by atoms with Crippen molar-refractivity contribution in [2.24, 2.45) is 0 Å². The lowest BCUT2D eigenvalue weighted by Crippen LogP contribution is -2.10. The van der Waals surface area contributed by atoms with E-state index in [-0.39, 0.29) is 12.3 Å². The minimum Gasteiger partial charge on any atom is -0.318 e. The number of rotatable bonds is 7. The maximum atomic E-state index is 12.9. The smallest absolute Gasteiger partial charge is 0.318 e. The quantitative estimate of drug-likeness (QED) is 0.205. The summed E-state index contributed by atoms with van der Waals surface area (Å²) in [5.74, 6) is 0.394. The Morgan fingerprint density at radius 2 is 1.47 bits per heavy atom. The molecule has 34 heavy (non-hydrogen) atoms. The highest BCUT2D eigenvalue weighted by atomic mass is 32.2. The number of alkyl halides is 3. The van der Waals surface area contributed by atoms with Crippen LogP contribution in [0.1, 0.15) is 32.6 Å². The molecule has 174 valence electrons.